The van der Waals surface area contributed by atoms with E-state index in [1.54, 1.807) is 18.0 Å². The molecule has 0 aliphatic heterocycles. The number of hydrogen-bond donors (Lipinski definition) is 1. The van der Waals surface area contributed by atoms with Gasteiger partial charge in [-0.3, -0.25) is 0 Å². The number of methoxy groups -OCH3 is 1. The van der Waals surface area contributed by atoms with Crippen LogP contribution in [0.1, 0.15) is 5.82 Å². The van der Waals surface area contributed by atoms with Gasteiger partial charge in [0.2, 0.25) is 0 Å². The van der Waals surface area contributed by atoms with Crippen LogP contribution in [-0.4, -0.2) is 36.7 Å². The first-order chi connectivity index (χ1) is 13.3. The van der Waals surface area contributed by atoms with Gasteiger partial charge in [-0.1, -0.05) is 54.6 Å². The Bertz CT molecular complexity index is 1220. The Hall–Kier alpha value is -3.58. The van der Waals surface area contributed by atoms with Crippen molar-refractivity contribution in [2.45, 2.75) is 6.61 Å². The molecule has 7 heteroatoms. The second-order valence-electron chi connectivity index (χ2n) is 6.18. The van der Waals surface area contributed by atoms with E-state index in [9.17, 15) is 0 Å². The smallest absolute Gasteiger partial charge is 0.185 e. The fourth-order valence-corrected chi connectivity index (χ4v) is 3.15. The number of imidazole rings is 1. The van der Waals surface area contributed by atoms with Crippen LogP contribution in [-0.2, 0) is 11.3 Å². The number of fused-ring (bicyclic) bond motifs is 3. The van der Waals surface area contributed by atoms with Gasteiger partial charge in [0.05, 0.1) is 6.33 Å². The molecule has 0 radical (unpaired) electrons. The van der Waals surface area contributed by atoms with Crippen molar-refractivity contribution in [3.8, 4) is 22.5 Å². The third-order valence-corrected chi connectivity index (χ3v) is 4.45. The molecular weight excluding hydrogens is 340 g/mol. The van der Waals surface area contributed by atoms with Crippen molar-refractivity contribution in [2.75, 3.05) is 7.11 Å². The summed E-state index contributed by atoms with van der Waals surface area (Å²) in [5.41, 5.74) is 5.32. The number of hydrogen-bond acceptors (Lipinski definition) is 5. The van der Waals surface area contributed by atoms with Gasteiger partial charge >= 0.3 is 0 Å². The lowest BCUT2D eigenvalue weighted by molar-refractivity contribution is 0.176. The summed E-state index contributed by atoms with van der Waals surface area (Å²) in [6.07, 6.45) is 1.61. The van der Waals surface area contributed by atoms with E-state index in [0.717, 1.165) is 16.6 Å². The number of nitrogens with zero attached hydrogens (tertiary/aromatic N) is 5. The highest BCUT2D eigenvalue weighted by Gasteiger charge is 2.16. The highest BCUT2D eigenvalue weighted by molar-refractivity contribution is 5.85. The third-order valence-electron chi connectivity index (χ3n) is 4.45. The maximum Gasteiger partial charge on any atom is 0.185 e. The number of benzene rings is 2. The molecule has 0 fully saturated rings. The predicted molar refractivity (Wildman–Crippen MR) is 102 cm³/mol. The van der Waals surface area contributed by atoms with Crippen LogP contribution in [0.25, 0.3) is 39.3 Å². The van der Waals surface area contributed by atoms with Gasteiger partial charge in [-0.2, -0.15) is 4.52 Å². The van der Waals surface area contributed by atoms with E-state index in [0.29, 0.717) is 29.6 Å². The fraction of sp³-hybridized carbons (Fsp3) is 0.100. The van der Waals surface area contributed by atoms with Crippen molar-refractivity contribution in [3.63, 3.8) is 0 Å². The van der Waals surface area contributed by atoms with Gasteiger partial charge in [0.15, 0.2) is 22.9 Å². The van der Waals surface area contributed by atoms with Crippen molar-refractivity contribution in [3.05, 3.63) is 66.7 Å². The van der Waals surface area contributed by atoms with Crippen LogP contribution in [0.15, 0.2) is 60.9 Å². The van der Waals surface area contributed by atoms with E-state index in [4.69, 9.17) is 9.72 Å². The van der Waals surface area contributed by atoms with Gasteiger partial charge in [0.25, 0.3) is 0 Å². The Morgan fingerprint density at radius 1 is 0.926 bits per heavy atom. The van der Waals surface area contributed by atoms with Gasteiger partial charge in [-0.05, 0) is 11.1 Å². The van der Waals surface area contributed by atoms with Crippen molar-refractivity contribution in [1.82, 2.24) is 29.5 Å². The monoisotopic (exact) mass is 356 g/mol. The molecule has 2 aromatic carbocycles. The minimum Gasteiger partial charge on any atom is -0.377 e. The number of nitrogens with one attached hydrogen (secondary N) is 1. The summed E-state index contributed by atoms with van der Waals surface area (Å²) in [4.78, 5) is 16.5. The van der Waals surface area contributed by atoms with E-state index < -0.39 is 0 Å². The Morgan fingerprint density at radius 3 is 2.44 bits per heavy atom. The average Bonchev–Trinajstić information content (AvgIpc) is 3.36. The summed E-state index contributed by atoms with van der Waals surface area (Å²) in [5, 5.41) is 4.65. The average molecular weight is 356 g/mol. The zero-order chi connectivity index (χ0) is 18.2. The molecular formula is C20H16N6O. The quantitative estimate of drug-likeness (QED) is 0.533. The van der Waals surface area contributed by atoms with E-state index in [1.165, 1.54) is 5.56 Å². The van der Waals surface area contributed by atoms with Gasteiger partial charge < -0.3 is 9.72 Å². The zero-order valence-corrected chi connectivity index (χ0v) is 14.6. The summed E-state index contributed by atoms with van der Waals surface area (Å²) in [6.45, 7) is 0.328. The van der Waals surface area contributed by atoms with E-state index in [1.807, 2.05) is 30.3 Å². The topological polar surface area (TPSA) is 81.0 Å². The lowest BCUT2D eigenvalue weighted by Gasteiger charge is -2.02. The number of ether oxygens (including phenoxy) is 1. The van der Waals surface area contributed by atoms with Gasteiger partial charge in [0, 0.05) is 12.7 Å². The molecule has 132 valence electrons. The van der Waals surface area contributed by atoms with Gasteiger partial charge in [0.1, 0.15) is 12.1 Å². The second kappa shape index (κ2) is 6.30. The number of rotatable bonds is 4. The second-order valence-corrected chi connectivity index (χ2v) is 6.18. The molecule has 0 saturated carbocycles. The van der Waals surface area contributed by atoms with Crippen LogP contribution in [0, 0.1) is 0 Å². The predicted octanol–water partition coefficient (Wildman–Crippen LogP) is 3.48. The van der Waals surface area contributed by atoms with Crippen LogP contribution in [0.4, 0.5) is 0 Å². The Kier molecular flexibility index (Phi) is 3.65. The minimum absolute atomic E-state index is 0.328. The molecule has 0 bridgehead atoms. The molecule has 0 amide bonds. The third kappa shape index (κ3) is 2.65. The van der Waals surface area contributed by atoms with Crippen LogP contribution in [0.5, 0.6) is 0 Å². The summed E-state index contributed by atoms with van der Waals surface area (Å²) in [5.74, 6) is 1.29. The summed E-state index contributed by atoms with van der Waals surface area (Å²) in [7, 11) is 1.63. The van der Waals surface area contributed by atoms with Gasteiger partial charge in [-0.15, -0.1) is 5.10 Å². The molecule has 3 aromatic heterocycles. The summed E-state index contributed by atoms with van der Waals surface area (Å²) < 4.78 is 6.96. The molecule has 3 heterocycles. The number of H-pyrrole nitrogens is 1. The largest absolute Gasteiger partial charge is 0.377 e. The van der Waals surface area contributed by atoms with E-state index >= 15 is 0 Å². The lowest BCUT2D eigenvalue weighted by atomic mass is 10.0. The van der Waals surface area contributed by atoms with Crippen molar-refractivity contribution < 1.29 is 4.74 Å². The number of aromatic amines is 1. The Morgan fingerprint density at radius 2 is 1.67 bits per heavy atom. The van der Waals surface area contributed by atoms with Crippen molar-refractivity contribution >= 4 is 16.8 Å². The highest BCUT2D eigenvalue weighted by Crippen LogP contribution is 2.24. The maximum absolute atomic E-state index is 5.25. The Balaban J connectivity index is 1.62. The minimum atomic E-state index is 0.328. The first-order valence-electron chi connectivity index (χ1n) is 8.57. The van der Waals surface area contributed by atoms with Crippen LogP contribution in [0.2, 0.25) is 0 Å². The molecule has 27 heavy (non-hydrogen) atoms. The molecule has 0 atom stereocenters. The van der Waals surface area contributed by atoms with Crippen LogP contribution in [0.3, 0.4) is 0 Å². The first kappa shape index (κ1) is 15.7. The Labute approximate surface area is 154 Å². The first-order valence-corrected chi connectivity index (χ1v) is 8.57. The van der Waals surface area contributed by atoms with Crippen molar-refractivity contribution in [2.24, 2.45) is 0 Å². The van der Waals surface area contributed by atoms with Crippen LogP contribution >= 0.6 is 0 Å². The van der Waals surface area contributed by atoms with Crippen LogP contribution < -0.4 is 0 Å². The SMILES string of the molecule is COCc1nc2nc[nH]c2c2nc(-c3ccc(-c4ccccc4)cc3)nn12. The van der Waals surface area contributed by atoms with Crippen molar-refractivity contribution in [1.29, 1.82) is 0 Å². The molecule has 5 rings (SSSR count). The summed E-state index contributed by atoms with van der Waals surface area (Å²) in [6, 6.07) is 18.5. The molecule has 7 nitrogen and oxygen atoms in total. The molecule has 0 spiro atoms. The molecule has 0 saturated heterocycles. The zero-order valence-electron chi connectivity index (χ0n) is 14.6. The molecule has 5 aromatic rings. The number of aromatic nitrogens is 6. The normalized spacial score (nSPS) is 11.4. The molecule has 1 N–H and O–H groups in total. The van der Waals surface area contributed by atoms with E-state index in [2.05, 4.69) is 44.3 Å². The molecule has 0 aliphatic rings. The standard InChI is InChI=1S/C20H16N6O/c1-27-11-16-23-19-17(21-12-22-19)20-24-18(25-26(16)20)15-9-7-14(8-10-15)13-5-3-2-4-6-13/h2-10,12H,11H2,1H3,(H,21,22). The fourth-order valence-electron chi connectivity index (χ4n) is 3.15. The lowest BCUT2D eigenvalue weighted by Crippen LogP contribution is -2.04. The molecule has 0 aliphatic carbocycles. The molecule has 0 unspecified atom stereocenters. The summed E-state index contributed by atoms with van der Waals surface area (Å²) >= 11 is 0. The maximum atomic E-state index is 5.25. The van der Waals surface area contributed by atoms with E-state index in [-0.39, 0.29) is 0 Å². The van der Waals surface area contributed by atoms with Gasteiger partial charge in [-0.25, -0.2) is 15.0 Å². The highest BCUT2D eigenvalue weighted by atomic mass is 16.5.